The van der Waals surface area contributed by atoms with Gasteiger partial charge in [-0.15, -0.1) is 0 Å². The van der Waals surface area contributed by atoms with Gasteiger partial charge in [0.15, 0.2) is 10.9 Å². The van der Waals surface area contributed by atoms with Crippen LogP contribution < -0.4 is 5.56 Å². The number of rotatable bonds is 2. The van der Waals surface area contributed by atoms with Crippen LogP contribution in [-0.2, 0) is 0 Å². The topological polar surface area (TPSA) is 95.3 Å². The second kappa shape index (κ2) is 4.55. The van der Waals surface area contributed by atoms with Gasteiger partial charge in [0.2, 0.25) is 0 Å². The first-order valence-electron chi connectivity index (χ1n) is 4.23. The molecule has 6 nitrogen and oxygen atoms in total. The molecule has 16 heavy (non-hydrogen) atoms. The second-order valence-corrected chi connectivity index (χ2v) is 3.70. The SMILES string of the molecule is N#Cc1cnc(Sc2nccc(=O)[nH]2)cn1. The van der Waals surface area contributed by atoms with Crippen LogP contribution in [0.15, 0.2) is 39.6 Å². The third kappa shape index (κ3) is 2.43. The maximum Gasteiger partial charge on any atom is 0.251 e. The molecule has 2 aromatic heterocycles. The summed E-state index contributed by atoms with van der Waals surface area (Å²) in [5, 5.41) is 9.54. The van der Waals surface area contributed by atoms with E-state index in [4.69, 9.17) is 5.26 Å². The Labute approximate surface area is 94.4 Å². The number of nitrogens with zero attached hydrogens (tertiary/aromatic N) is 4. The molecule has 2 rings (SSSR count). The van der Waals surface area contributed by atoms with Crippen LogP contribution in [0, 0.1) is 11.3 Å². The van der Waals surface area contributed by atoms with E-state index >= 15 is 0 Å². The summed E-state index contributed by atoms with van der Waals surface area (Å²) >= 11 is 1.17. The first kappa shape index (κ1) is 10.3. The van der Waals surface area contributed by atoms with Crippen LogP contribution in [0.5, 0.6) is 0 Å². The van der Waals surface area contributed by atoms with Crippen molar-refractivity contribution >= 4 is 11.8 Å². The highest BCUT2D eigenvalue weighted by Crippen LogP contribution is 2.19. The minimum absolute atomic E-state index is 0.223. The maximum absolute atomic E-state index is 11.0. The lowest BCUT2D eigenvalue weighted by Gasteiger charge is -1.97. The number of nitriles is 1. The van der Waals surface area contributed by atoms with Gasteiger partial charge < -0.3 is 4.98 Å². The van der Waals surface area contributed by atoms with E-state index < -0.39 is 0 Å². The highest BCUT2D eigenvalue weighted by molar-refractivity contribution is 7.99. The van der Waals surface area contributed by atoms with E-state index in [1.54, 1.807) is 0 Å². The van der Waals surface area contributed by atoms with Crippen LogP contribution in [0.1, 0.15) is 5.69 Å². The summed E-state index contributed by atoms with van der Waals surface area (Å²) in [6.45, 7) is 0. The molecule has 0 aliphatic heterocycles. The number of hydrogen-bond donors (Lipinski definition) is 1. The molecular formula is C9H5N5OS. The highest BCUT2D eigenvalue weighted by Gasteiger charge is 2.01. The largest absolute Gasteiger partial charge is 0.301 e. The van der Waals surface area contributed by atoms with Crippen molar-refractivity contribution in [1.29, 1.82) is 5.26 Å². The van der Waals surface area contributed by atoms with Crippen LogP contribution in [0.3, 0.4) is 0 Å². The summed E-state index contributed by atoms with van der Waals surface area (Å²) in [6, 6.07) is 3.20. The van der Waals surface area contributed by atoms with Gasteiger partial charge >= 0.3 is 0 Å². The van der Waals surface area contributed by atoms with Crippen molar-refractivity contribution in [2.75, 3.05) is 0 Å². The standard InChI is InChI=1S/C9H5N5OS/c10-3-6-4-13-8(5-12-6)16-9-11-2-1-7(15)14-9/h1-2,4-5H,(H,11,14,15). The summed E-state index contributed by atoms with van der Waals surface area (Å²) in [7, 11) is 0. The molecule has 0 saturated heterocycles. The quantitative estimate of drug-likeness (QED) is 0.759. The van der Waals surface area contributed by atoms with Crippen molar-refractivity contribution in [2.45, 2.75) is 10.2 Å². The molecular weight excluding hydrogens is 226 g/mol. The van der Waals surface area contributed by atoms with Crippen LogP contribution in [0.4, 0.5) is 0 Å². The predicted molar refractivity (Wildman–Crippen MR) is 55.7 cm³/mol. The molecule has 0 aromatic carbocycles. The third-order valence-corrected chi connectivity index (χ3v) is 2.41. The first-order valence-corrected chi connectivity index (χ1v) is 5.05. The molecule has 0 radical (unpaired) electrons. The Morgan fingerprint density at radius 2 is 2.19 bits per heavy atom. The Bertz CT molecular complexity index is 586. The lowest BCUT2D eigenvalue weighted by atomic mass is 10.5. The van der Waals surface area contributed by atoms with Gasteiger partial charge in [-0.3, -0.25) is 4.79 Å². The van der Waals surface area contributed by atoms with Crippen LogP contribution in [-0.4, -0.2) is 19.9 Å². The molecule has 0 bridgehead atoms. The van der Waals surface area contributed by atoms with E-state index in [1.165, 1.54) is 36.4 Å². The van der Waals surface area contributed by atoms with Crippen molar-refractivity contribution in [3.8, 4) is 6.07 Å². The average Bonchev–Trinajstić information content (AvgIpc) is 2.30. The minimum Gasteiger partial charge on any atom is -0.301 e. The lowest BCUT2D eigenvalue weighted by molar-refractivity contribution is 0.927. The summed E-state index contributed by atoms with van der Waals surface area (Å²) < 4.78 is 0. The molecule has 0 aliphatic carbocycles. The summed E-state index contributed by atoms with van der Waals surface area (Å²) in [5.41, 5.74) is 0.0259. The molecule has 0 spiro atoms. The van der Waals surface area contributed by atoms with E-state index in [1.807, 2.05) is 6.07 Å². The monoisotopic (exact) mass is 231 g/mol. The van der Waals surface area contributed by atoms with E-state index in [0.29, 0.717) is 10.2 Å². The fourth-order valence-electron chi connectivity index (χ4n) is 0.930. The molecule has 0 saturated carbocycles. The van der Waals surface area contributed by atoms with Gasteiger partial charge in [-0.1, -0.05) is 0 Å². The third-order valence-electron chi connectivity index (χ3n) is 1.59. The molecule has 7 heteroatoms. The molecule has 0 amide bonds. The molecule has 2 heterocycles. The van der Waals surface area contributed by atoms with Crippen LogP contribution in [0.25, 0.3) is 0 Å². The van der Waals surface area contributed by atoms with Crippen molar-refractivity contribution < 1.29 is 0 Å². The summed E-state index contributed by atoms with van der Waals surface area (Å²) in [5.74, 6) is 0. The predicted octanol–water partition coefficient (Wildman–Crippen LogP) is 0.583. The number of aromatic nitrogens is 4. The Morgan fingerprint density at radius 1 is 1.31 bits per heavy atom. The molecule has 0 aliphatic rings. The minimum atomic E-state index is -0.223. The second-order valence-electron chi connectivity index (χ2n) is 2.69. The zero-order valence-electron chi connectivity index (χ0n) is 7.91. The van der Waals surface area contributed by atoms with Gasteiger partial charge in [-0.25, -0.2) is 15.0 Å². The van der Waals surface area contributed by atoms with Gasteiger partial charge in [-0.05, 0) is 11.8 Å². The Balaban J connectivity index is 2.21. The number of H-pyrrole nitrogens is 1. The Kier molecular flexibility index (Phi) is 2.93. The molecule has 0 fully saturated rings. The van der Waals surface area contributed by atoms with E-state index in [0.717, 1.165) is 0 Å². The summed E-state index contributed by atoms with van der Waals surface area (Å²) in [6.07, 6.45) is 4.23. The summed E-state index contributed by atoms with van der Waals surface area (Å²) in [4.78, 5) is 25.3. The number of aromatic amines is 1. The maximum atomic E-state index is 11.0. The van der Waals surface area contributed by atoms with Crippen LogP contribution in [0.2, 0.25) is 0 Å². The van der Waals surface area contributed by atoms with E-state index in [-0.39, 0.29) is 11.3 Å². The Hall–Kier alpha value is -2.20. The van der Waals surface area contributed by atoms with Gasteiger partial charge in [0.25, 0.3) is 5.56 Å². The van der Waals surface area contributed by atoms with Gasteiger partial charge in [0.05, 0.1) is 12.4 Å². The molecule has 2 aromatic rings. The fraction of sp³-hybridized carbons (Fsp3) is 0. The fourth-order valence-corrected chi connectivity index (χ4v) is 1.60. The van der Waals surface area contributed by atoms with Gasteiger partial charge in [0.1, 0.15) is 11.1 Å². The number of hydrogen-bond acceptors (Lipinski definition) is 6. The first-order chi connectivity index (χ1) is 7.78. The van der Waals surface area contributed by atoms with Gasteiger partial charge in [0, 0.05) is 12.3 Å². The van der Waals surface area contributed by atoms with Crippen LogP contribution >= 0.6 is 11.8 Å². The van der Waals surface area contributed by atoms with E-state index in [2.05, 4.69) is 19.9 Å². The van der Waals surface area contributed by atoms with Crippen molar-refractivity contribution in [3.05, 3.63) is 40.7 Å². The Morgan fingerprint density at radius 3 is 2.81 bits per heavy atom. The van der Waals surface area contributed by atoms with Crippen molar-refractivity contribution in [2.24, 2.45) is 0 Å². The lowest BCUT2D eigenvalue weighted by Crippen LogP contribution is -2.05. The highest BCUT2D eigenvalue weighted by atomic mass is 32.2. The zero-order chi connectivity index (χ0) is 11.4. The average molecular weight is 231 g/mol. The molecule has 0 unspecified atom stereocenters. The zero-order valence-corrected chi connectivity index (χ0v) is 8.73. The van der Waals surface area contributed by atoms with Crippen molar-refractivity contribution in [1.82, 2.24) is 19.9 Å². The molecule has 78 valence electrons. The number of nitrogens with one attached hydrogen (secondary N) is 1. The normalized spacial score (nSPS) is 9.69. The molecule has 1 N–H and O–H groups in total. The van der Waals surface area contributed by atoms with Gasteiger partial charge in [-0.2, -0.15) is 5.26 Å². The van der Waals surface area contributed by atoms with Crippen molar-refractivity contribution in [3.63, 3.8) is 0 Å². The van der Waals surface area contributed by atoms with E-state index in [9.17, 15) is 4.79 Å². The molecule has 0 atom stereocenters. The smallest absolute Gasteiger partial charge is 0.251 e.